The third kappa shape index (κ3) is 2.73. The first-order valence-electron chi connectivity index (χ1n) is 6.81. The Balaban J connectivity index is 0.000000745. The van der Waals surface area contributed by atoms with Gasteiger partial charge in [-0.25, -0.2) is 0 Å². The van der Waals surface area contributed by atoms with Gasteiger partial charge >= 0.3 is 5.97 Å². The lowest BCUT2D eigenvalue weighted by molar-refractivity contribution is -0.142. The Morgan fingerprint density at radius 2 is 1.73 bits per heavy atom. The first-order chi connectivity index (χ1) is 10.1. The van der Waals surface area contributed by atoms with E-state index < -0.39 is 17.5 Å². The number of rotatable bonds is 2. The van der Waals surface area contributed by atoms with Crippen molar-refractivity contribution in [1.29, 1.82) is 0 Å². The molecule has 0 fully saturated rings. The number of hydrogen-bond donors (Lipinski definition) is 2. The van der Waals surface area contributed by atoms with E-state index in [0.29, 0.717) is 5.75 Å². The molecule has 0 radical (unpaired) electrons. The Hall–Kier alpha value is -2.24. The van der Waals surface area contributed by atoms with E-state index in [1.165, 1.54) is 0 Å². The number of carboxylic acids is 1. The zero-order valence-electron chi connectivity index (χ0n) is 13.7. The van der Waals surface area contributed by atoms with Crippen molar-refractivity contribution in [1.82, 2.24) is 0 Å². The summed E-state index contributed by atoms with van der Waals surface area (Å²) in [7, 11) is 1.61. The molecular formula is C16H22O6. The summed E-state index contributed by atoms with van der Waals surface area (Å²) in [6, 6.07) is 0. The summed E-state index contributed by atoms with van der Waals surface area (Å²) in [5.41, 5.74) is 2.81. The second kappa shape index (κ2) is 6.25. The number of benzene rings is 1. The minimum Gasteiger partial charge on any atom is -0.496 e. The quantitative estimate of drug-likeness (QED) is 0.816. The number of methoxy groups -OCH3 is 1. The smallest absolute Gasteiger partial charge is 0.315 e. The lowest BCUT2D eigenvalue weighted by Crippen LogP contribution is -2.35. The van der Waals surface area contributed by atoms with Gasteiger partial charge in [0.1, 0.15) is 23.0 Å². The van der Waals surface area contributed by atoms with Crippen LogP contribution in [0.25, 0.3) is 0 Å². The van der Waals surface area contributed by atoms with Gasteiger partial charge in [0.2, 0.25) is 0 Å². The summed E-state index contributed by atoms with van der Waals surface area (Å²) >= 11 is 0. The molecule has 6 nitrogen and oxygen atoms in total. The molecule has 0 saturated carbocycles. The molecule has 122 valence electrons. The average Bonchev–Trinajstić information content (AvgIpc) is 2.70. The van der Waals surface area contributed by atoms with Crippen LogP contribution in [-0.2, 0) is 9.59 Å². The van der Waals surface area contributed by atoms with E-state index >= 15 is 0 Å². The fourth-order valence-corrected chi connectivity index (χ4v) is 2.99. The van der Waals surface area contributed by atoms with E-state index in [-0.39, 0.29) is 6.47 Å². The van der Waals surface area contributed by atoms with E-state index in [4.69, 9.17) is 19.4 Å². The van der Waals surface area contributed by atoms with Crippen LogP contribution in [0.1, 0.15) is 42.0 Å². The summed E-state index contributed by atoms with van der Waals surface area (Å²) in [5.74, 6) is -0.0788. The standard InChI is InChI=1S/C15H20O4.CH2O2/c1-7-8(2)13-10(9(3)12(7)18-6)11(14(16)17)15(4,5)19-13;2-1-3/h11H,1-6H3,(H,16,17);1H,(H,2,3). The van der Waals surface area contributed by atoms with Crippen LogP contribution in [0.2, 0.25) is 0 Å². The molecule has 0 amide bonds. The molecule has 0 aliphatic carbocycles. The summed E-state index contributed by atoms with van der Waals surface area (Å²) in [4.78, 5) is 20.0. The van der Waals surface area contributed by atoms with Gasteiger partial charge in [0.15, 0.2) is 0 Å². The van der Waals surface area contributed by atoms with Crippen molar-refractivity contribution < 1.29 is 29.3 Å². The Bertz CT molecular complexity index is 603. The van der Waals surface area contributed by atoms with Crippen molar-refractivity contribution in [3.63, 3.8) is 0 Å². The lowest BCUT2D eigenvalue weighted by atomic mass is 9.83. The summed E-state index contributed by atoms with van der Waals surface area (Å²) in [5, 5.41) is 16.4. The third-order valence-corrected chi connectivity index (χ3v) is 4.03. The Labute approximate surface area is 129 Å². The molecule has 22 heavy (non-hydrogen) atoms. The molecule has 0 saturated heterocycles. The summed E-state index contributed by atoms with van der Waals surface area (Å²) in [6.45, 7) is 9.17. The zero-order valence-corrected chi connectivity index (χ0v) is 13.7. The highest BCUT2D eigenvalue weighted by atomic mass is 16.5. The van der Waals surface area contributed by atoms with Crippen LogP contribution in [0, 0.1) is 20.8 Å². The van der Waals surface area contributed by atoms with E-state index in [1.54, 1.807) is 7.11 Å². The SMILES string of the molecule is COc1c(C)c(C)c2c(c1C)C(C(=O)O)C(C)(C)O2.O=CO. The van der Waals surface area contributed by atoms with Gasteiger partial charge in [-0.2, -0.15) is 0 Å². The van der Waals surface area contributed by atoms with Gasteiger partial charge < -0.3 is 19.7 Å². The predicted molar refractivity (Wildman–Crippen MR) is 81.0 cm³/mol. The van der Waals surface area contributed by atoms with E-state index in [0.717, 1.165) is 28.0 Å². The van der Waals surface area contributed by atoms with Crippen molar-refractivity contribution in [2.75, 3.05) is 7.11 Å². The molecule has 1 heterocycles. The zero-order chi connectivity index (χ0) is 17.2. The van der Waals surface area contributed by atoms with E-state index in [1.807, 2.05) is 34.6 Å². The maximum absolute atomic E-state index is 11.6. The molecule has 2 N–H and O–H groups in total. The number of carboxylic acid groups (broad SMARTS) is 2. The molecule has 0 bridgehead atoms. The molecule has 1 unspecified atom stereocenters. The van der Waals surface area contributed by atoms with E-state index in [9.17, 15) is 9.90 Å². The highest BCUT2D eigenvalue weighted by Crippen LogP contribution is 2.51. The maximum Gasteiger partial charge on any atom is 0.315 e. The number of ether oxygens (including phenoxy) is 2. The van der Waals surface area contributed by atoms with Crippen molar-refractivity contribution in [3.8, 4) is 11.5 Å². The number of fused-ring (bicyclic) bond motifs is 1. The van der Waals surface area contributed by atoms with Gasteiger partial charge in [-0.1, -0.05) is 0 Å². The van der Waals surface area contributed by atoms with Gasteiger partial charge in [-0.3, -0.25) is 9.59 Å². The number of aliphatic carboxylic acids is 1. The average molecular weight is 310 g/mol. The Morgan fingerprint density at radius 3 is 2.14 bits per heavy atom. The minimum atomic E-state index is -0.864. The van der Waals surface area contributed by atoms with Crippen LogP contribution >= 0.6 is 0 Å². The first kappa shape index (κ1) is 17.8. The summed E-state index contributed by atoms with van der Waals surface area (Å²) < 4.78 is 11.4. The van der Waals surface area contributed by atoms with E-state index in [2.05, 4.69) is 0 Å². The lowest BCUT2D eigenvalue weighted by Gasteiger charge is -2.23. The maximum atomic E-state index is 11.6. The molecule has 1 aromatic carbocycles. The molecule has 0 aromatic heterocycles. The van der Waals surface area contributed by atoms with Gasteiger partial charge in [0, 0.05) is 5.56 Å². The van der Waals surface area contributed by atoms with Gasteiger partial charge in [0.05, 0.1) is 7.11 Å². The monoisotopic (exact) mass is 310 g/mol. The largest absolute Gasteiger partial charge is 0.496 e. The van der Waals surface area contributed by atoms with Gasteiger partial charge in [-0.05, 0) is 51.3 Å². The van der Waals surface area contributed by atoms with Crippen LogP contribution < -0.4 is 9.47 Å². The fourth-order valence-electron chi connectivity index (χ4n) is 2.99. The number of hydrogen-bond acceptors (Lipinski definition) is 4. The Morgan fingerprint density at radius 1 is 1.23 bits per heavy atom. The summed E-state index contributed by atoms with van der Waals surface area (Å²) in [6.07, 6.45) is 0. The van der Waals surface area contributed by atoms with Crippen LogP contribution in [0.5, 0.6) is 11.5 Å². The molecule has 1 aliphatic heterocycles. The molecule has 1 aromatic rings. The highest BCUT2D eigenvalue weighted by Gasteiger charge is 2.48. The van der Waals surface area contributed by atoms with Gasteiger partial charge in [0.25, 0.3) is 6.47 Å². The second-order valence-electron chi connectivity index (χ2n) is 5.73. The molecular weight excluding hydrogens is 288 g/mol. The molecule has 6 heteroatoms. The van der Waals surface area contributed by atoms with Crippen molar-refractivity contribution in [2.24, 2.45) is 0 Å². The van der Waals surface area contributed by atoms with Crippen LogP contribution in [-0.4, -0.2) is 35.4 Å². The Kier molecular flexibility index (Phi) is 5.06. The van der Waals surface area contributed by atoms with Crippen LogP contribution in [0.3, 0.4) is 0 Å². The third-order valence-electron chi connectivity index (χ3n) is 4.03. The highest BCUT2D eigenvalue weighted by molar-refractivity contribution is 5.82. The minimum absolute atomic E-state index is 0.250. The second-order valence-corrected chi connectivity index (χ2v) is 5.73. The molecule has 0 spiro atoms. The van der Waals surface area contributed by atoms with Crippen molar-refractivity contribution in [3.05, 3.63) is 22.3 Å². The normalized spacial score (nSPS) is 17.6. The molecule has 1 aliphatic rings. The van der Waals surface area contributed by atoms with Crippen LogP contribution in [0.15, 0.2) is 0 Å². The number of carbonyl (C=O) groups is 2. The van der Waals surface area contributed by atoms with Crippen LogP contribution in [0.4, 0.5) is 0 Å². The molecule has 2 rings (SSSR count). The van der Waals surface area contributed by atoms with Crippen molar-refractivity contribution in [2.45, 2.75) is 46.1 Å². The topological polar surface area (TPSA) is 93.1 Å². The molecule has 1 atom stereocenters. The first-order valence-corrected chi connectivity index (χ1v) is 6.81. The van der Waals surface area contributed by atoms with Crippen molar-refractivity contribution >= 4 is 12.4 Å². The van der Waals surface area contributed by atoms with Gasteiger partial charge in [-0.15, -0.1) is 0 Å². The fraction of sp³-hybridized carbons (Fsp3) is 0.500. The predicted octanol–water partition coefficient (Wildman–Crippen LogP) is 2.66.